The fraction of sp³-hybridized carbons (Fsp3) is 0.308. The molecule has 0 amide bonds. The Balaban J connectivity index is 1.81. The zero-order chi connectivity index (χ0) is 22.1. The van der Waals surface area contributed by atoms with Gasteiger partial charge in [-0.1, -0.05) is 54.1 Å². The fourth-order valence-electron chi connectivity index (χ4n) is 4.57. The standard InChI is InChI=1S/C26H26ClNO3/c1-15(2)31-26(30)23-16(3)28-21-13-19(17-8-5-4-6-9-17)14-22(29)25(21)24(23)18-10-7-11-20(27)12-18/h4-12,15,19,24,28H,13-14H2,1-3H3/t19-,24+/m1/s1. The molecule has 0 bridgehead atoms. The van der Waals surface area contributed by atoms with Gasteiger partial charge < -0.3 is 10.1 Å². The van der Waals surface area contributed by atoms with Crippen LogP contribution < -0.4 is 5.32 Å². The molecule has 4 nitrogen and oxygen atoms in total. The number of esters is 1. The number of ketones is 1. The van der Waals surface area contributed by atoms with Gasteiger partial charge in [0.25, 0.3) is 0 Å². The summed E-state index contributed by atoms with van der Waals surface area (Å²) >= 11 is 6.28. The largest absolute Gasteiger partial charge is 0.460 e. The molecular formula is C26H26ClNO3. The maximum absolute atomic E-state index is 13.5. The minimum Gasteiger partial charge on any atom is -0.460 e. The molecule has 2 aromatic carbocycles. The first-order chi connectivity index (χ1) is 14.8. The highest BCUT2D eigenvalue weighted by molar-refractivity contribution is 6.30. The molecular weight excluding hydrogens is 410 g/mol. The lowest BCUT2D eigenvalue weighted by Gasteiger charge is -2.37. The number of halogens is 1. The number of rotatable bonds is 4. The molecule has 0 saturated heterocycles. The van der Waals surface area contributed by atoms with Gasteiger partial charge in [-0.3, -0.25) is 4.79 Å². The van der Waals surface area contributed by atoms with E-state index in [1.165, 1.54) is 0 Å². The number of hydrogen-bond donors (Lipinski definition) is 1. The van der Waals surface area contributed by atoms with Gasteiger partial charge >= 0.3 is 5.97 Å². The molecule has 2 atom stereocenters. The topological polar surface area (TPSA) is 55.4 Å². The number of hydrogen-bond acceptors (Lipinski definition) is 4. The zero-order valence-electron chi connectivity index (χ0n) is 17.9. The minimum atomic E-state index is -0.495. The monoisotopic (exact) mass is 435 g/mol. The number of nitrogens with one attached hydrogen (secondary N) is 1. The van der Waals surface area contributed by atoms with E-state index < -0.39 is 11.9 Å². The molecule has 0 aromatic heterocycles. The maximum atomic E-state index is 13.5. The van der Waals surface area contributed by atoms with E-state index in [0.29, 0.717) is 29.0 Å². The lowest BCUT2D eigenvalue weighted by Crippen LogP contribution is -2.36. The summed E-state index contributed by atoms with van der Waals surface area (Å²) in [6.45, 7) is 5.51. The first kappa shape index (κ1) is 21.4. The summed E-state index contributed by atoms with van der Waals surface area (Å²) in [5.74, 6) is -0.744. The molecule has 4 rings (SSSR count). The molecule has 31 heavy (non-hydrogen) atoms. The smallest absolute Gasteiger partial charge is 0.337 e. The van der Waals surface area contributed by atoms with E-state index in [9.17, 15) is 9.59 Å². The summed E-state index contributed by atoms with van der Waals surface area (Å²) in [4.78, 5) is 26.5. The highest BCUT2D eigenvalue weighted by Gasteiger charge is 2.41. The number of carbonyl (C=O) groups excluding carboxylic acids is 2. The van der Waals surface area contributed by atoms with Gasteiger partial charge in [-0.25, -0.2) is 4.79 Å². The Hall–Kier alpha value is -2.85. The molecule has 1 heterocycles. The second kappa shape index (κ2) is 8.72. The molecule has 1 aliphatic heterocycles. The summed E-state index contributed by atoms with van der Waals surface area (Å²) in [6, 6.07) is 17.5. The van der Waals surface area contributed by atoms with Crippen molar-refractivity contribution in [1.82, 2.24) is 5.32 Å². The number of benzene rings is 2. The van der Waals surface area contributed by atoms with E-state index in [-0.39, 0.29) is 17.8 Å². The van der Waals surface area contributed by atoms with Crippen LogP contribution in [0.5, 0.6) is 0 Å². The molecule has 0 radical (unpaired) electrons. The van der Waals surface area contributed by atoms with Crippen molar-refractivity contribution in [2.24, 2.45) is 0 Å². The Morgan fingerprint density at radius 2 is 1.77 bits per heavy atom. The van der Waals surface area contributed by atoms with E-state index >= 15 is 0 Å². The van der Waals surface area contributed by atoms with Crippen molar-refractivity contribution in [2.75, 3.05) is 0 Å². The Bertz CT molecular complexity index is 1080. The van der Waals surface area contributed by atoms with Crippen molar-refractivity contribution >= 4 is 23.4 Å². The molecule has 0 fully saturated rings. The molecule has 2 aliphatic rings. The van der Waals surface area contributed by atoms with Gasteiger partial charge in [0, 0.05) is 34.3 Å². The van der Waals surface area contributed by atoms with Gasteiger partial charge in [0.2, 0.25) is 0 Å². The Kier molecular flexibility index (Phi) is 6.01. The van der Waals surface area contributed by atoms with Crippen LogP contribution >= 0.6 is 11.6 Å². The van der Waals surface area contributed by atoms with Gasteiger partial charge in [0.15, 0.2) is 5.78 Å². The summed E-state index contributed by atoms with van der Waals surface area (Å²) in [5, 5.41) is 3.94. The quantitative estimate of drug-likeness (QED) is 0.630. The van der Waals surface area contributed by atoms with Gasteiger partial charge in [0.1, 0.15) is 0 Å². The van der Waals surface area contributed by atoms with E-state index in [1.807, 2.05) is 57.2 Å². The van der Waals surface area contributed by atoms with Crippen molar-refractivity contribution in [3.05, 3.63) is 93.3 Å². The van der Waals surface area contributed by atoms with Crippen LogP contribution in [0.15, 0.2) is 77.1 Å². The summed E-state index contributed by atoms with van der Waals surface area (Å²) in [6.07, 6.45) is 0.867. The lowest BCUT2D eigenvalue weighted by atomic mass is 9.72. The van der Waals surface area contributed by atoms with Crippen LogP contribution in [0.2, 0.25) is 5.02 Å². The Morgan fingerprint density at radius 1 is 1.06 bits per heavy atom. The molecule has 1 N–H and O–H groups in total. The predicted octanol–water partition coefficient (Wildman–Crippen LogP) is 5.65. The molecule has 160 valence electrons. The normalized spacial score (nSPS) is 21.1. The third-order valence-electron chi connectivity index (χ3n) is 5.84. The second-order valence-corrected chi connectivity index (χ2v) is 8.87. The molecule has 0 spiro atoms. The van der Waals surface area contributed by atoms with Crippen molar-refractivity contribution in [1.29, 1.82) is 0 Å². The van der Waals surface area contributed by atoms with Gasteiger partial charge in [-0.2, -0.15) is 0 Å². The average Bonchev–Trinajstić information content (AvgIpc) is 2.72. The maximum Gasteiger partial charge on any atom is 0.337 e. The van der Waals surface area contributed by atoms with Crippen LogP contribution in [-0.4, -0.2) is 17.9 Å². The number of ether oxygens (including phenoxy) is 1. The van der Waals surface area contributed by atoms with E-state index in [1.54, 1.807) is 6.07 Å². The molecule has 0 unspecified atom stereocenters. The average molecular weight is 436 g/mol. The Morgan fingerprint density at radius 3 is 2.45 bits per heavy atom. The predicted molar refractivity (Wildman–Crippen MR) is 122 cm³/mol. The summed E-state index contributed by atoms with van der Waals surface area (Å²) in [7, 11) is 0. The molecule has 1 aliphatic carbocycles. The first-order valence-corrected chi connectivity index (χ1v) is 11.0. The third kappa shape index (κ3) is 4.31. The summed E-state index contributed by atoms with van der Waals surface area (Å²) < 4.78 is 5.54. The van der Waals surface area contributed by atoms with Gasteiger partial charge in [-0.15, -0.1) is 0 Å². The van der Waals surface area contributed by atoms with Crippen LogP contribution in [0.25, 0.3) is 0 Å². The first-order valence-electron chi connectivity index (χ1n) is 10.6. The van der Waals surface area contributed by atoms with Crippen LogP contribution in [0, 0.1) is 0 Å². The zero-order valence-corrected chi connectivity index (χ0v) is 18.7. The van der Waals surface area contributed by atoms with Crippen molar-refractivity contribution < 1.29 is 14.3 Å². The third-order valence-corrected chi connectivity index (χ3v) is 6.08. The highest BCUT2D eigenvalue weighted by atomic mass is 35.5. The van der Waals surface area contributed by atoms with Gasteiger partial charge in [0.05, 0.1) is 11.7 Å². The van der Waals surface area contributed by atoms with Crippen molar-refractivity contribution in [3.8, 4) is 0 Å². The molecule has 0 saturated carbocycles. The number of carbonyl (C=O) groups is 2. The van der Waals surface area contributed by atoms with Crippen LogP contribution in [-0.2, 0) is 14.3 Å². The van der Waals surface area contributed by atoms with E-state index in [4.69, 9.17) is 16.3 Å². The minimum absolute atomic E-state index is 0.0509. The van der Waals surface area contributed by atoms with E-state index in [0.717, 1.165) is 22.5 Å². The van der Waals surface area contributed by atoms with Crippen LogP contribution in [0.3, 0.4) is 0 Å². The van der Waals surface area contributed by atoms with Crippen molar-refractivity contribution in [2.45, 2.75) is 51.6 Å². The van der Waals surface area contributed by atoms with Crippen LogP contribution in [0.1, 0.15) is 56.6 Å². The number of allylic oxidation sites excluding steroid dienone is 3. The Labute approximate surface area is 187 Å². The summed E-state index contributed by atoms with van der Waals surface area (Å²) in [5.41, 5.74) is 4.69. The molecule has 5 heteroatoms. The SMILES string of the molecule is CC1=C(C(=O)OC(C)C)[C@H](c2cccc(Cl)c2)C2=C(C[C@@H](c3ccccc3)CC2=O)N1. The lowest BCUT2D eigenvalue weighted by molar-refractivity contribution is -0.143. The second-order valence-electron chi connectivity index (χ2n) is 8.44. The number of dihydropyridines is 1. The van der Waals surface area contributed by atoms with Gasteiger partial charge in [-0.05, 0) is 56.4 Å². The highest BCUT2D eigenvalue weighted by Crippen LogP contribution is 2.46. The molecule has 2 aromatic rings. The van der Waals surface area contributed by atoms with Crippen molar-refractivity contribution in [3.63, 3.8) is 0 Å². The fourth-order valence-corrected chi connectivity index (χ4v) is 4.77. The van der Waals surface area contributed by atoms with Crippen LogP contribution in [0.4, 0.5) is 0 Å². The van der Waals surface area contributed by atoms with E-state index in [2.05, 4.69) is 17.4 Å². The number of Topliss-reactive ketones (excluding diaryl/α,β-unsaturated/α-hetero) is 1.